The number of halogens is 1. The van der Waals surface area contributed by atoms with E-state index in [4.69, 9.17) is 0 Å². The molecule has 2 rings (SSSR count). The molecule has 0 radical (unpaired) electrons. The molecule has 0 aliphatic heterocycles. The molecule has 2 heterocycles. The van der Waals surface area contributed by atoms with Crippen LogP contribution in [0.3, 0.4) is 0 Å². The van der Waals surface area contributed by atoms with E-state index in [1.165, 1.54) is 11.1 Å². The Labute approximate surface area is 95.9 Å². The number of alkyl halides is 1. The molecule has 1 unspecified atom stereocenters. The average molecular weight is 268 g/mol. The second-order valence-corrected chi connectivity index (χ2v) is 4.97. The van der Waals surface area contributed by atoms with Crippen LogP contribution in [0.5, 0.6) is 0 Å². The van der Waals surface area contributed by atoms with Gasteiger partial charge in [0.05, 0.1) is 0 Å². The zero-order valence-electron chi connectivity index (χ0n) is 7.56. The summed E-state index contributed by atoms with van der Waals surface area (Å²) in [6, 6.07) is 6.23. The van der Waals surface area contributed by atoms with Gasteiger partial charge in [-0.2, -0.15) is 11.3 Å². The third kappa shape index (κ3) is 2.42. The molecule has 0 amide bonds. The van der Waals surface area contributed by atoms with Gasteiger partial charge in [-0.25, -0.2) is 0 Å². The standard InChI is InChI=1S/C11H10BrNS/c12-11(6-9-3-5-14-8-9)10-2-1-4-13-7-10/h1-5,7-8,11H,6H2. The van der Waals surface area contributed by atoms with Crippen molar-refractivity contribution in [1.82, 2.24) is 4.98 Å². The topological polar surface area (TPSA) is 12.9 Å². The van der Waals surface area contributed by atoms with Crippen molar-refractivity contribution in [1.29, 1.82) is 0 Å². The molecule has 2 aromatic heterocycles. The minimum absolute atomic E-state index is 0.366. The van der Waals surface area contributed by atoms with Crippen LogP contribution in [0.1, 0.15) is 16.0 Å². The van der Waals surface area contributed by atoms with Crippen molar-refractivity contribution in [3.05, 3.63) is 52.5 Å². The van der Waals surface area contributed by atoms with E-state index in [9.17, 15) is 0 Å². The van der Waals surface area contributed by atoms with Crippen molar-refractivity contribution < 1.29 is 0 Å². The quantitative estimate of drug-likeness (QED) is 0.771. The van der Waals surface area contributed by atoms with Crippen LogP contribution in [0.2, 0.25) is 0 Å². The van der Waals surface area contributed by atoms with Crippen LogP contribution in [0.4, 0.5) is 0 Å². The highest BCUT2D eigenvalue weighted by Crippen LogP contribution is 2.26. The third-order valence-corrected chi connectivity index (χ3v) is 3.63. The lowest BCUT2D eigenvalue weighted by atomic mass is 10.1. The van der Waals surface area contributed by atoms with Crippen LogP contribution < -0.4 is 0 Å². The highest BCUT2D eigenvalue weighted by atomic mass is 79.9. The van der Waals surface area contributed by atoms with Crippen molar-refractivity contribution in [2.45, 2.75) is 11.2 Å². The fraction of sp³-hybridized carbons (Fsp3) is 0.182. The van der Waals surface area contributed by atoms with Gasteiger partial charge in [-0.05, 0) is 40.4 Å². The Morgan fingerprint density at radius 2 is 2.36 bits per heavy atom. The summed E-state index contributed by atoms with van der Waals surface area (Å²) in [6.45, 7) is 0. The first-order valence-corrected chi connectivity index (χ1v) is 6.27. The first kappa shape index (κ1) is 9.87. The summed E-state index contributed by atoms with van der Waals surface area (Å²) >= 11 is 5.41. The fourth-order valence-corrected chi connectivity index (χ4v) is 2.62. The van der Waals surface area contributed by atoms with Crippen LogP contribution >= 0.6 is 27.3 Å². The number of aromatic nitrogens is 1. The lowest BCUT2D eigenvalue weighted by molar-refractivity contribution is 0.944. The first-order valence-electron chi connectivity index (χ1n) is 4.41. The minimum atomic E-state index is 0.366. The fourth-order valence-electron chi connectivity index (χ4n) is 1.29. The first-order chi connectivity index (χ1) is 6.86. The summed E-state index contributed by atoms with van der Waals surface area (Å²) < 4.78 is 0. The predicted octanol–water partition coefficient (Wildman–Crippen LogP) is 3.82. The molecule has 0 saturated heterocycles. The molecule has 14 heavy (non-hydrogen) atoms. The molecule has 1 nitrogen and oxygen atoms in total. The Morgan fingerprint density at radius 1 is 1.43 bits per heavy atom. The van der Waals surface area contributed by atoms with Gasteiger partial charge in [-0.1, -0.05) is 22.0 Å². The van der Waals surface area contributed by atoms with Gasteiger partial charge >= 0.3 is 0 Å². The maximum atomic E-state index is 4.11. The highest BCUT2D eigenvalue weighted by molar-refractivity contribution is 9.09. The molecule has 0 fully saturated rings. The number of hydrogen-bond donors (Lipinski definition) is 0. The third-order valence-electron chi connectivity index (χ3n) is 2.04. The number of nitrogens with zero attached hydrogens (tertiary/aromatic N) is 1. The summed E-state index contributed by atoms with van der Waals surface area (Å²) in [5, 5.41) is 4.29. The summed E-state index contributed by atoms with van der Waals surface area (Å²) in [6.07, 6.45) is 4.73. The molecule has 0 spiro atoms. The van der Waals surface area contributed by atoms with Gasteiger partial charge < -0.3 is 0 Å². The number of hydrogen-bond acceptors (Lipinski definition) is 2. The minimum Gasteiger partial charge on any atom is -0.264 e. The van der Waals surface area contributed by atoms with E-state index in [-0.39, 0.29) is 0 Å². The monoisotopic (exact) mass is 267 g/mol. The Morgan fingerprint density at radius 3 is 3.00 bits per heavy atom. The largest absolute Gasteiger partial charge is 0.264 e. The molecule has 0 bridgehead atoms. The molecule has 0 aromatic carbocycles. The zero-order valence-corrected chi connectivity index (χ0v) is 9.96. The van der Waals surface area contributed by atoms with Crippen molar-refractivity contribution in [2.75, 3.05) is 0 Å². The molecule has 0 saturated carbocycles. The van der Waals surface area contributed by atoms with Gasteiger partial charge in [-0.3, -0.25) is 4.98 Å². The summed E-state index contributed by atoms with van der Waals surface area (Å²) in [4.78, 5) is 4.47. The average Bonchev–Trinajstić information content (AvgIpc) is 2.72. The molecule has 72 valence electrons. The van der Waals surface area contributed by atoms with E-state index in [0.717, 1.165) is 6.42 Å². The van der Waals surface area contributed by atoms with Gasteiger partial charge in [0.25, 0.3) is 0 Å². The van der Waals surface area contributed by atoms with E-state index in [0.29, 0.717) is 4.83 Å². The Balaban J connectivity index is 2.07. The molecular formula is C11H10BrNS. The van der Waals surface area contributed by atoms with Crippen LogP contribution in [0.15, 0.2) is 41.4 Å². The van der Waals surface area contributed by atoms with Crippen LogP contribution in [-0.4, -0.2) is 4.98 Å². The maximum Gasteiger partial charge on any atom is 0.0451 e. The Bertz CT molecular complexity index is 371. The SMILES string of the molecule is BrC(Cc1ccsc1)c1cccnc1. The second kappa shape index (κ2) is 4.71. The van der Waals surface area contributed by atoms with Gasteiger partial charge in [0.2, 0.25) is 0 Å². The van der Waals surface area contributed by atoms with Crippen LogP contribution in [-0.2, 0) is 6.42 Å². The second-order valence-electron chi connectivity index (χ2n) is 3.09. The van der Waals surface area contributed by atoms with Crippen molar-refractivity contribution in [3.8, 4) is 0 Å². The number of thiophene rings is 1. The Kier molecular flexibility index (Phi) is 3.32. The smallest absolute Gasteiger partial charge is 0.0451 e. The summed E-state index contributed by atoms with van der Waals surface area (Å²) in [5.41, 5.74) is 2.61. The molecule has 0 aliphatic rings. The van der Waals surface area contributed by atoms with E-state index >= 15 is 0 Å². The van der Waals surface area contributed by atoms with Crippen molar-refractivity contribution >= 4 is 27.3 Å². The maximum absolute atomic E-state index is 4.11. The lowest BCUT2D eigenvalue weighted by Crippen LogP contribution is -1.94. The molecule has 3 heteroatoms. The van der Waals surface area contributed by atoms with Crippen molar-refractivity contribution in [2.24, 2.45) is 0 Å². The van der Waals surface area contributed by atoms with Crippen LogP contribution in [0.25, 0.3) is 0 Å². The Hall–Kier alpha value is -0.670. The van der Waals surface area contributed by atoms with Gasteiger partial charge in [0.1, 0.15) is 0 Å². The molecule has 1 atom stereocenters. The zero-order chi connectivity index (χ0) is 9.80. The predicted molar refractivity (Wildman–Crippen MR) is 63.9 cm³/mol. The molecular weight excluding hydrogens is 258 g/mol. The molecule has 0 N–H and O–H groups in total. The van der Waals surface area contributed by atoms with E-state index in [1.807, 2.05) is 12.3 Å². The van der Waals surface area contributed by atoms with E-state index in [1.54, 1.807) is 17.5 Å². The molecule has 0 aliphatic carbocycles. The summed E-state index contributed by atoms with van der Waals surface area (Å²) in [7, 11) is 0. The van der Waals surface area contributed by atoms with Crippen molar-refractivity contribution in [3.63, 3.8) is 0 Å². The van der Waals surface area contributed by atoms with Crippen LogP contribution in [0, 0.1) is 0 Å². The lowest BCUT2D eigenvalue weighted by Gasteiger charge is -2.07. The number of pyridine rings is 1. The summed E-state index contributed by atoms with van der Waals surface area (Å²) in [5.74, 6) is 0. The number of rotatable bonds is 3. The van der Waals surface area contributed by atoms with E-state index < -0.39 is 0 Å². The van der Waals surface area contributed by atoms with Gasteiger partial charge in [-0.15, -0.1) is 0 Å². The van der Waals surface area contributed by atoms with Gasteiger partial charge in [0.15, 0.2) is 0 Å². The molecule has 2 aromatic rings. The van der Waals surface area contributed by atoms with E-state index in [2.05, 4.69) is 43.8 Å². The van der Waals surface area contributed by atoms with Gasteiger partial charge in [0, 0.05) is 17.2 Å². The highest BCUT2D eigenvalue weighted by Gasteiger charge is 2.08. The normalized spacial score (nSPS) is 12.6.